The van der Waals surface area contributed by atoms with E-state index in [4.69, 9.17) is 4.89 Å². The SMILES string of the molecule is O[P]([Zn])[Cd].[BaH2]. The molecule has 0 aliphatic heterocycles. The van der Waals surface area contributed by atoms with Gasteiger partial charge in [-0.3, -0.25) is 0 Å². The number of hydrogen-bond acceptors (Lipinski definition) is 1. The summed E-state index contributed by atoms with van der Waals surface area (Å²) in [5.74, 6) is 0. The van der Waals surface area contributed by atoms with E-state index in [1.807, 2.05) is 0 Å². The molecular formula is H3BaCdOPZn. The Morgan fingerprint density at radius 2 is 1.80 bits per heavy atom. The van der Waals surface area contributed by atoms with E-state index < -0.39 is 0 Å². The van der Waals surface area contributed by atoms with Gasteiger partial charge in [0.2, 0.25) is 0 Å². The minimum absolute atomic E-state index is 0. The summed E-state index contributed by atoms with van der Waals surface area (Å²) in [6.45, 7) is 0. The second-order valence-corrected chi connectivity index (χ2v) is 28.4. The molecule has 1 N–H and O–H groups in total. The van der Waals surface area contributed by atoms with Crippen molar-refractivity contribution in [3.8, 4) is 0 Å². The molecule has 0 rings (SSSR count). The van der Waals surface area contributed by atoms with Crippen LogP contribution in [0.3, 0.4) is 0 Å². The molecule has 1 unspecified atom stereocenters. The van der Waals surface area contributed by atoms with E-state index >= 15 is 0 Å². The van der Waals surface area contributed by atoms with Gasteiger partial charge in [-0.2, -0.15) is 0 Å². The summed E-state index contributed by atoms with van der Waals surface area (Å²) in [6.07, 6.45) is 0. The first-order chi connectivity index (χ1) is 1.73. The zero-order valence-corrected chi connectivity index (χ0v) is 10.2. The van der Waals surface area contributed by atoms with Gasteiger partial charge >= 0.3 is 100 Å². The number of rotatable bonds is 0. The molecule has 20 valence electrons. The summed E-state index contributed by atoms with van der Waals surface area (Å²) in [5.41, 5.74) is 0. The number of hydrogen-bond donors (Lipinski definition) is 1. The standard InChI is InChI=1S/Ba.Cd.HOP.Zn.2H/c;;1-2;;;/h;;1H;;;. The third-order valence-electron chi connectivity index (χ3n) is 0. The van der Waals surface area contributed by atoms with Gasteiger partial charge in [-0.25, -0.2) is 0 Å². The van der Waals surface area contributed by atoms with Crippen molar-refractivity contribution >= 4 is 52.5 Å². The van der Waals surface area contributed by atoms with Crippen molar-refractivity contribution in [1.82, 2.24) is 0 Å². The minimum atomic E-state index is -0.325. The van der Waals surface area contributed by atoms with Crippen LogP contribution < -0.4 is 0 Å². The summed E-state index contributed by atoms with van der Waals surface area (Å²) in [5, 5.41) is 0. The van der Waals surface area contributed by atoms with Crippen LogP contribution in [0.5, 0.6) is 0 Å². The molecule has 0 aromatic carbocycles. The van der Waals surface area contributed by atoms with E-state index in [1.165, 1.54) is 0 Å². The van der Waals surface area contributed by atoms with Gasteiger partial charge in [-0.1, -0.05) is 0 Å². The van der Waals surface area contributed by atoms with Gasteiger partial charge in [0.1, 0.15) is 0 Å². The summed E-state index contributed by atoms with van der Waals surface area (Å²) in [7, 11) is 0. The first-order valence-electron chi connectivity index (χ1n) is 0.832. The predicted octanol–water partition coefficient (Wildman–Crippen LogP) is -0.617. The third kappa shape index (κ3) is 18.5. The molecule has 0 saturated heterocycles. The van der Waals surface area contributed by atoms with Crippen LogP contribution in [0.1, 0.15) is 0 Å². The fourth-order valence-electron chi connectivity index (χ4n) is 0. The fraction of sp³-hybridized carbons (Fsp3) is 0. The third-order valence-corrected chi connectivity index (χ3v) is 0. The fourth-order valence-corrected chi connectivity index (χ4v) is 0. The van der Waals surface area contributed by atoms with Crippen molar-refractivity contribution in [3.05, 3.63) is 0 Å². The molecule has 0 bridgehead atoms. The molecular weight excluding hydrogens is 362 g/mol. The zero-order valence-electron chi connectivity index (χ0n) is 2.31. The van der Waals surface area contributed by atoms with Crippen LogP contribution in [-0.4, -0.2) is 53.8 Å². The molecule has 0 aliphatic carbocycles. The predicted molar refractivity (Wildman–Crippen MR) is 17.7 cm³/mol. The van der Waals surface area contributed by atoms with Gasteiger partial charge in [0, 0.05) is 0 Å². The summed E-state index contributed by atoms with van der Waals surface area (Å²) in [4.78, 5) is 8.25. The molecule has 0 aromatic rings. The zero-order chi connectivity index (χ0) is 3.58. The van der Waals surface area contributed by atoms with E-state index in [2.05, 4.69) is 0 Å². The van der Waals surface area contributed by atoms with E-state index in [9.17, 15) is 0 Å². The van der Waals surface area contributed by atoms with E-state index in [0.29, 0.717) is 0 Å². The van der Waals surface area contributed by atoms with Crippen LogP contribution >= 0.6 is 3.60 Å². The Balaban J connectivity index is 0. The molecule has 0 aliphatic rings. The molecule has 0 spiro atoms. The van der Waals surface area contributed by atoms with Gasteiger partial charge in [0.15, 0.2) is 0 Å². The Hall–Kier alpha value is 3.51. The van der Waals surface area contributed by atoms with Gasteiger partial charge in [-0.05, 0) is 0 Å². The van der Waals surface area contributed by atoms with Crippen LogP contribution in [0.4, 0.5) is 0 Å². The maximum absolute atomic E-state index is 8.25. The molecule has 5 heteroatoms. The molecule has 1 atom stereocenters. The van der Waals surface area contributed by atoms with Crippen molar-refractivity contribution in [2.24, 2.45) is 0 Å². The van der Waals surface area contributed by atoms with Gasteiger partial charge in [-0.15, -0.1) is 0 Å². The van der Waals surface area contributed by atoms with Crippen LogP contribution in [-0.2, 0) is 43.0 Å². The molecule has 1 nitrogen and oxygen atoms in total. The Morgan fingerprint density at radius 1 is 1.80 bits per heavy atom. The van der Waals surface area contributed by atoms with Gasteiger partial charge in [0.05, 0.1) is 0 Å². The summed E-state index contributed by atoms with van der Waals surface area (Å²) < 4.78 is -0.325. The van der Waals surface area contributed by atoms with Crippen molar-refractivity contribution in [3.63, 3.8) is 0 Å². The van der Waals surface area contributed by atoms with Crippen LogP contribution in [0, 0.1) is 0 Å². The molecule has 0 fully saturated rings. The molecule has 0 radical (unpaired) electrons. The van der Waals surface area contributed by atoms with Crippen LogP contribution in [0.2, 0.25) is 0 Å². The molecule has 0 heterocycles. The van der Waals surface area contributed by atoms with E-state index in [-0.39, 0.29) is 52.5 Å². The monoisotopic (exact) mass is 366 g/mol. The van der Waals surface area contributed by atoms with Gasteiger partial charge in [0.25, 0.3) is 0 Å². The maximum atomic E-state index is 8.25. The van der Waals surface area contributed by atoms with Crippen molar-refractivity contribution in [2.75, 3.05) is 0 Å². The first kappa shape index (κ1) is 11.3. The molecule has 0 amide bonds. The average Bonchev–Trinajstić information content (AvgIpc) is 0.811. The quantitative estimate of drug-likeness (QED) is 0.449. The summed E-state index contributed by atoms with van der Waals surface area (Å²) >= 11 is 1.97. The first-order valence-corrected chi connectivity index (χ1v) is 11.9. The van der Waals surface area contributed by atoms with Crippen LogP contribution in [0.15, 0.2) is 0 Å². The second kappa shape index (κ2) is 7.51. The van der Waals surface area contributed by atoms with Crippen LogP contribution in [0.25, 0.3) is 0 Å². The normalized spacial score (nSPS) is 13.0. The van der Waals surface area contributed by atoms with E-state index in [1.54, 1.807) is 0 Å². The van der Waals surface area contributed by atoms with Crippen molar-refractivity contribution in [1.29, 1.82) is 0 Å². The Morgan fingerprint density at radius 3 is 1.80 bits per heavy atom. The average molecular weight is 365 g/mol. The Kier molecular flexibility index (Phi) is 17.0. The van der Waals surface area contributed by atoms with Gasteiger partial charge < -0.3 is 0 Å². The van der Waals surface area contributed by atoms with Crippen molar-refractivity contribution in [2.45, 2.75) is 0 Å². The Labute approximate surface area is 97.7 Å². The molecule has 0 aromatic heterocycles. The molecule has 0 saturated carbocycles. The van der Waals surface area contributed by atoms with Crippen molar-refractivity contribution < 1.29 is 47.9 Å². The van der Waals surface area contributed by atoms with E-state index in [0.717, 1.165) is 43.0 Å². The topological polar surface area (TPSA) is 20.2 Å². The molecule has 5 heavy (non-hydrogen) atoms. The Bertz CT molecular complexity index is 16.4. The summed E-state index contributed by atoms with van der Waals surface area (Å²) in [6, 6.07) is 0. The second-order valence-electron chi connectivity index (χ2n) is 0.506.